The Morgan fingerprint density at radius 1 is 1.42 bits per heavy atom. The highest BCUT2D eigenvalue weighted by atomic mass is 79.9. The molecule has 4 nitrogen and oxygen atoms in total. The van der Waals surface area contributed by atoms with Crippen molar-refractivity contribution >= 4 is 21.8 Å². The second-order valence-corrected chi connectivity index (χ2v) is 6.90. The second kappa shape index (κ2) is 5.29. The van der Waals surface area contributed by atoms with Crippen LogP contribution in [0.1, 0.15) is 49.9 Å². The van der Waals surface area contributed by atoms with Gasteiger partial charge in [0.1, 0.15) is 0 Å². The fourth-order valence-corrected chi connectivity index (χ4v) is 2.78. The molecule has 1 aliphatic carbocycles. The average molecular weight is 330 g/mol. The van der Waals surface area contributed by atoms with Crippen molar-refractivity contribution in [3.8, 4) is 0 Å². The lowest BCUT2D eigenvalue weighted by atomic mass is 9.71. The third-order valence-corrected chi connectivity index (χ3v) is 4.59. The van der Waals surface area contributed by atoms with Gasteiger partial charge in [0, 0.05) is 6.54 Å². The number of carbonyl (C=O) groups excluding carboxylic acids is 1. The summed E-state index contributed by atoms with van der Waals surface area (Å²) in [6.45, 7) is 4.72. The quantitative estimate of drug-likeness (QED) is 0.895. The van der Waals surface area contributed by atoms with Gasteiger partial charge in [0.05, 0.1) is 17.4 Å². The summed E-state index contributed by atoms with van der Waals surface area (Å²) in [5.41, 5.74) is -0.0228. The summed E-state index contributed by atoms with van der Waals surface area (Å²) in [4.78, 5) is 11.9. The van der Waals surface area contributed by atoms with Crippen molar-refractivity contribution < 1.29 is 14.3 Å². The fourth-order valence-electron chi connectivity index (χ4n) is 2.36. The van der Waals surface area contributed by atoms with Crippen molar-refractivity contribution in [3.63, 3.8) is 0 Å². The zero-order valence-electron chi connectivity index (χ0n) is 11.3. The molecule has 5 heteroatoms. The zero-order valence-corrected chi connectivity index (χ0v) is 12.9. The summed E-state index contributed by atoms with van der Waals surface area (Å²) in [7, 11) is 0. The highest BCUT2D eigenvalue weighted by Crippen LogP contribution is 2.39. The van der Waals surface area contributed by atoms with Crippen LogP contribution in [-0.4, -0.2) is 23.2 Å². The van der Waals surface area contributed by atoms with Gasteiger partial charge >= 0.3 is 0 Å². The van der Waals surface area contributed by atoms with Crippen molar-refractivity contribution in [2.24, 2.45) is 5.41 Å². The van der Waals surface area contributed by atoms with E-state index >= 15 is 0 Å². The zero-order chi connectivity index (χ0) is 14.1. The van der Waals surface area contributed by atoms with Gasteiger partial charge in [-0.25, -0.2) is 0 Å². The molecule has 0 aromatic carbocycles. The molecule has 2 N–H and O–H groups in total. The molecular formula is C14H20BrNO3. The molecule has 1 heterocycles. The molecule has 0 aliphatic heterocycles. The van der Waals surface area contributed by atoms with Crippen LogP contribution in [0.3, 0.4) is 0 Å². The molecule has 106 valence electrons. The maximum Gasteiger partial charge on any atom is 0.255 e. The van der Waals surface area contributed by atoms with E-state index in [1.165, 1.54) is 6.26 Å². The molecule has 0 atom stereocenters. The molecule has 1 amide bonds. The summed E-state index contributed by atoms with van der Waals surface area (Å²) in [5, 5.41) is 13.3. The molecule has 0 bridgehead atoms. The van der Waals surface area contributed by atoms with Crippen LogP contribution in [0, 0.1) is 5.41 Å². The summed E-state index contributed by atoms with van der Waals surface area (Å²) in [6, 6.07) is 1.60. The predicted octanol–water partition coefficient (Wildman–Crippen LogP) is 3.10. The number of aliphatic hydroxyl groups is 1. The van der Waals surface area contributed by atoms with Crippen LogP contribution < -0.4 is 5.32 Å². The molecule has 1 aromatic rings. The molecule has 0 spiro atoms. The van der Waals surface area contributed by atoms with E-state index in [1.807, 2.05) is 0 Å². The maximum atomic E-state index is 11.9. The Kier molecular flexibility index (Phi) is 4.06. The first-order chi connectivity index (χ1) is 8.81. The van der Waals surface area contributed by atoms with Crippen LogP contribution in [0.5, 0.6) is 0 Å². The molecular weight excluding hydrogens is 310 g/mol. The number of furan rings is 1. The van der Waals surface area contributed by atoms with Gasteiger partial charge < -0.3 is 14.8 Å². The first-order valence-corrected chi connectivity index (χ1v) is 7.34. The Balaban J connectivity index is 1.89. The third-order valence-electron chi connectivity index (χ3n) is 3.97. The molecule has 1 fully saturated rings. The van der Waals surface area contributed by atoms with Crippen molar-refractivity contribution in [3.05, 3.63) is 22.6 Å². The van der Waals surface area contributed by atoms with Crippen LogP contribution in [0.15, 0.2) is 21.4 Å². The largest absolute Gasteiger partial charge is 0.457 e. The van der Waals surface area contributed by atoms with Crippen LogP contribution >= 0.6 is 15.9 Å². The van der Waals surface area contributed by atoms with Gasteiger partial charge in [-0.2, -0.15) is 0 Å². The van der Waals surface area contributed by atoms with Gasteiger partial charge in [-0.3, -0.25) is 4.79 Å². The average Bonchev–Trinajstić information content (AvgIpc) is 2.77. The highest BCUT2D eigenvalue weighted by molar-refractivity contribution is 9.10. The molecule has 0 saturated heterocycles. The van der Waals surface area contributed by atoms with Crippen molar-refractivity contribution in [1.29, 1.82) is 0 Å². The first-order valence-electron chi connectivity index (χ1n) is 6.55. The smallest absolute Gasteiger partial charge is 0.255 e. The summed E-state index contributed by atoms with van der Waals surface area (Å²) in [6.07, 6.45) is 4.88. The lowest BCUT2D eigenvalue weighted by molar-refractivity contribution is -0.0233. The summed E-state index contributed by atoms with van der Waals surface area (Å²) < 4.78 is 5.44. The topological polar surface area (TPSA) is 62.5 Å². The Morgan fingerprint density at radius 2 is 2.05 bits per heavy atom. The maximum absolute atomic E-state index is 11.9. The molecule has 0 radical (unpaired) electrons. The van der Waals surface area contributed by atoms with Gasteiger partial charge in [-0.1, -0.05) is 13.8 Å². The lowest BCUT2D eigenvalue weighted by Crippen LogP contribution is -2.46. The van der Waals surface area contributed by atoms with Crippen LogP contribution in [0.25, 0.3) is 0 Å². The van der Waals surface area contributed by atoms with Crippen molar-refractivity contribution in [2.75, 3.05) is 6.54 Å². The normalized spacial score (nSPS) is 21.1. The van der Waals surface area contributed by atoms with E-state index in [4.69, 9.17) is 4.42 Å². The molecule has 1 saturated carbocycles. The molecule has 1 aromatic heterocycles. The minimum absolute atomic E-state index is 0.223. The lowest BCUT2D eigenvalue weighted by Gasteiger charge is -2.40. The number of amides is 1. The predicted molar refractivity (Wildman–Crippen MR) is 75.9 cm³/mol. The molecule has 1 aliphatic rings. The van der Waals surface area contributed by atoms with Gasteiger partial charge in [-0.05, 0) is 53.1 Å². The molecule has 2 rings (SSSR count). The summed E-state index contributed by atoms with van der Waals surface area (Å²) in [5.74, 6) is -0.223. The SMILES string of the molecule is CC1(C)CCC(O)(CNC(=O)c2ccoc2Br)CC1. The van der Waals surface area contributed by atoms with Crippen LogP contribution in [0.2, 0.25) is 0 Å². The van der Waals surface area contributed by atoms with Crippen molar-refractivity contribution in [1.82, 2.24) is 5.32 Å². The Bertz CT molecular complexity index is 457. The number of halogens is 1. The minimum atomic E-state index is -0.776. The standard InChI is InChI=1S/C14H20BrNO3/c1-13(2)4-6-14(18,7-5-13)9-16-12(17)10-3-8-19-11(10)15/h3,8,18H,4-7,9H2,1-2H3,(H,16,17). The number of rotatable bonds is 3. The molecule has 0 unspecified atom stereocenters. The van der Waals surface area contributed by atoms with E-state index in [0.717, 1.165) is 25.7 Å². The van der Waals surface area contributed by atoms with Gasteiger partial charge in [0.15, 0.2) is 4.67 Å². The number of hydrogen-bond acceptors (Lipinski definition) is 3. The van der Waals surface area contributed by atoms with Crippen LogP contribution in [-0.2, 0) is 0 Å². The van der Waals surface area contributed by atoms with E-state index in [-0.39, 0.29) is 5.91 Å². The highest BCUT2D eigenvalue weighted by Gasteiger charge is 2.36. The second-order valence-electron chi connectivity index (χ2n) is 6.18. The third kappa shape index (κ3) is 3.60. The van der Waals surface area contributed by atoms with E-state index < -0.39 is 5.60 Å². The minimum Gasteiger partial charge on any atom is -0.457 e. The fraction of sp³-hybridized carbons (Fsp3) is 0.643. The monoisotopic (exact) mass is 329 g/mol. The number of hydrogen-bond donors (Lipinski definition) is 2. The first kappa shape index (κ1) is 14.6. The molecule has 19 heavy (non-hydrogen) atoms. The van der Waals surface area contributed by atoms with E-state index in [0.29, 0.717) is 22.2 Å². The Morgan fingerprint density at radius 3 is 2.58 bits per heavy atom. The van der Waals surface area contributed by atoms with Crippen molar-refractivity contribution in [2.45, 2.75) is 45.1 Å². The van der Waals surface area contributed by atoms with E-state index in [9.17, 15) is 9.90 Å². The number of nitrogens with one attached hydrogen (secondary N) is 1. The Labute approximate surface area is 121 Å². The summed E-state index contributed by atoms with van der Waals surface area (Å²) >= 11 is 3.17. The van der Waals surface area contributed by atoms with Crippen LogP contribution in [0.4, 0.5) is 0 Å². The Hall–Kier alpha value is -0.810. The van der Waals surface area contributed by atoms with E-state index in [2.05, 4.69) is 35.1 Å². The van der Waals surface area contributed by atoms with Gasteiger partial charge in [0.2, 0.25) is 0 Å². The van der Waals surface area contributed by atoms with E-state index in [1.54, 1.807) is 6.07 Å². The van der Waals surface area contributed by atoms with Gasteiger partial charge in [0.25, 0.3) is 5.91 Å². The van der Waals surface area contributed by atoms with Gasteiger partial charge in [-0.15, -0.1) is 0 Å². The number of carbonyl (C=O) groups is 1.